The highest BCUT2D eigenvalue weighted by Crippen LogP contribution is 2.24. The summed E-state index contributed by atoms with van der Waals surface area (Å²) in [7, 11) is 0. The lowest BCUT2D eigenvalue weighted by Gasteiger charge is -2.35. The quantitative estimate of drug-likeness (QED) is 0.692. The lowest BCUT2D eigenvalue weighted by atomic mass is 9.87. The molecule has 0 saturated carbocycles. The molecule has 1 N–H and O–H groups in total. The van der Waals surface area contributed by atoms with Gasteiger partial charge in [0.05, 0.1) is 13.2 Å². The highest BCUT2D eigenvalue weighted by Gasteiger charge is 2.23. The van der Waals surface area contributed by atoms with E-state index in [1.54, 1.807) is 0 Å². The molecule has 0 atom stereocenters. The van der Waals surface area contributed by atoms with Gasteiger partial charge in [-0.25, -0.2) is 0 Å². The van der Waals surface area contributed by atoms with Gasteiger partial charge in [-0.15, -0.1) is 0 Å². The highest BCUT2D eigenvalue weighted by atomic mass is 16.5. The molecule has 1 fully saturated rings. The van der Waals surface area contributed by atoms with Crippen LogP contribution in [0.25, 0.3) is 0 Å². The topological polar surface area (TPSA) is 61.9 Å². The van der Waals surface area contributed by atoms with E-state index in [0.29, 0.717) is 39.1 Å². The van der Waals surface area contributed by atoms with Crippen LogP contribution in [0.15, 0.2) is 24.3 Å². The van der Waals surface area contributed by atoms with Gasteiger partial charge in [0.1, 0.15) is 5.75 Å². The van der Waals surface area contributed by atoms with E-state index in [4.69, 9.17) is 4.74 Å². The van der Waals surface area contributed by atoms with Gasteiger partial charge < -0.3 is 15.0 Å². The van der Waals surface area contributed by atoms with Crippen molar-refractivity contribution in [3.05, 3.63) is 29.8 Å². The number of hydrogen-bond donors (Lipinski definition) is 1. The summed E-state index contributed by atoms with van der Waals surface area (Å²) in [5, 5.41) is 2.98. The Morgan fingerprint density at radius 3 is 2.10 bits per heavy atom. The van der Waals surface area contributed by atoms with Crippen LogP contribution < -0.4 is 10.1 Å². The first kappa shape index (κ1) is 24.2. The number of ether oxygens (including phenoxy) is 1. The monoisotopic (exact) mass is 417 g/mol. The summed E-state index contributed by atoms with van der Waals surface area (Å²) >= 11 is 0. The highest BCUT2D eigenvalue weighted by molar-refractivity contribution is 5.79. The number of rotatable bonds is 7. The molecule has 2 rings (SSSR count). The summed E-state index contributed by atoms with van der Waals surface area (Å²) < 4.78 is 5.79. The fraction of sp³-hybridized carbons (Fsp3) is 0.667. The average molecular weight is 418 g/mol. The van der Waals surface area contributed by atoms with Gasteiger partial charge in [-0.3, -0.25) is 14.5 Å². The number of piperazine rings is 1. The van der Waals surface area contributed by atoms with E-state index in [2.05, 4.69) is 43.1 Å². The molecule has 1 saturated heterocycles. The molecule has 1 aliphatic rings. The normalized spacial score (nSPS) is 15.7. The van der Waals surface area contributed by atoms with E-state index < -0.39 is 0 Å². The minimum atomic E-state index is -0.217. The molecule has 1 heterocycles. The summed E-state index contributed by atoms with van der Waals surface area (Å²) in [5.41, 5.74) is 1.19. The Kier molecular flexibility index (Phi) is 8.30. The van der Waals surface area contributed by atoms with Crippen molar-refractivity contribution in [2.45, 2.75) is 65.3 Å². The molecule has 0 radical (unpaired) electrons. The van der Waals surface area contributed by atoms with Crippen LogP contribution in [0.1, 0.15) is 59.9 Å². The molecule has 0 spiro atoms. The van der Waals surface area contributed by atoms with Crippen molar-refractivity contribution in [3.8, 4) is 5.75 Å². The lowest BCUT2D eigenvalue weighted by molar-refractivity contribution is -0.133. The Morgan fingerprint density at radius 2 is 1.57 bits per heavy atom. The Labute approximate surface area is 182 Å². The second kappa shape index (κ2) is 10.3. The van der Waals surface area contributed by atoms with Crippen molar-refractivity contribution >= 4 is 11.8 Å². The Hall–Kier alpha value is -2.08. The molecule has 6 heteroatoms. The largest absolute Gasteiger partial charge is 0.494 e. The first-order chi connectivity index (χ1) is 13.9. The second-order valence-corrected chi connectivity index (χ2v) is 10.2. The molecular formula is C24H39N3O3. The van der Waals surface area contributed by atoms with Crippen LogP contribution in [0.4, 0.5) is 0 Å². The number of carbonyl (C=O) groups excluding carboxylic acids is 2. The zero-order valence-electron chi connectivity index (χ0n) is 19.6. The molecule has 0 unspecified atom stereocenters. The summed E-state index contributed by atoms with van der Waals surface area (Å²) in [6, 6.07) is 8.19. The molecule has 2 amide bonds. The van der Waals surface area contributed by atoms with Crippen LogP contribution in [0.3, 0.4) is 0 Å². The third-order valence-electron chi connectivity index (χ3n) is 5.13. The van der Waals surface area contributed by atoms with Crippen molar-refractivity contribution in [2.75, 3.05) is 39.3 Å². The van der Waals surface area contributed by atoms with Gasteiger partial charge in [0.15, 0.2) is 0 Å². The average Bonchev–Trinajstić information content (AvgIpc) is 2.64. The van der Waals surface area contributed by atoms with E-state index in [0.717, 1.165) is 18.8 Å². The van der Waals surface area contributed by atoms with Gasteiger partial charge in [-0.1, -0.05) is 32.9 Å². The number of benzene rings is 1. The maximum Gasteiger partial charge on any atom is 0.234 e. The van der Waals surface area contributed by atoms with Gasteiger partial charge >= 0.3 is 0 Å². The van der Waals surface area contributed by atoms with E-state index in [-0.39, 0.29) is 22.8 Å². The number of nitrogens with one attached hydrogen (secondary N) is 1. The molecule has 6 nitrogen and oxygen atoms in total. The zero-order chi connectivity index (χ0) is 22.4. The molecule has 0 aliphatic carbocycles. The number of amides is 2. The molecular weight excluding hydrogens is 378 g/mol. The minimum Gasteiger partial charge on any atom is -0.494 e. The van der Waals surface area contributed by atoms with Crippen LogP contribution in [-0.4, -0.2) is 66.5 Å². The third kappa shape index (κ3) is 8.34. The molecule has 1 aromatic carbocycles. The van der Waals surface area contributed by atoms with E-state index in [1.165, 1.54) is 5.56 Å². The van der Waals surface area contributed by atoms with E-state index >= 15 is 0 Å². The number of carbonyl (C=O) groups is 2. The molecule has 168 valence electrons. The summed E-state index contributed by atoms with van der Waals surface area (Å²) in [6.07, 6.45) is 1.19. The van der Waals surface area contributed by atoms with E-state index in [1.807, 2.05) is 37.8 Å². The fourth-order valence-electron chi connectivity index (χ4n) is 3.44. The van der Waals surface area contributed by atoms with Crippen molar-refractivity contribution in [1.82, 2.24) is 15.1 Å². The maximum absolute atomic E-state index is 12.5. The van der Waals surface area contributed by atoms with Gasteiger partial charge in [-0.05, 0) is 50.3 Å². The maximum atomic E-state index is 12.5. The molecule has 0 aromatic heterocycles. The fourth-order valence-corrected chi connectivity index (χ4v) is 3.44. The Bertz CT molecular complexity index is 694. The smallest absolute Gasteiger partial charge is 0.234 e. The standard InChI is InChI=1S/C24H39N3O3/c1-23(2,3)19-9-11-20(12-10-19)30-17-7-8-22(29)27-15-13-26(14-16-27)18-21(28)25-24(4,5)6/h9-12H,7-8,13-18H2,1-6H3,(H,25,28). The van der Waals surface area contributed by atoms with Crippen LogP contribution >= 0.6 is 0 Å². The summed E-state index contributed by atoms with van der Waals surface area (Å²) in [4.78, 5) is 28.5. The minimum absolute atomic E-state index is 0.0370. The Balaban J connectivity index is 1.64. The van der Waals surface area contributed by atoms with Crippen LogP contribution in [0.2, 0.25) is 0 Å². The van der Waals surface area contributed by atoms with E-state index in [9.17, 15) is 9.59 Å². The zero-order valence-corrected chi connectivity index (χ0v) is 19.6. The van der Waals surface area contributed by atoms with Gasteiger partial charge in [0.2, 0.25) is 11.8 Å². The van der Waals surface area contributed by atoms with Crippen LogP contribution in [-0.2, 0) is 15.0 Å². The third-order valence-corrected chi connectivity index (χ3v) is 5.13. The second-order valence-electron chi connectivity index (χ2n) is 10.2. The predicted octanol–water partition coefficient (Wildman–Crippen LogP) is 3.20. The van der Waals surface area contributed by atoms with Crippen LogP contribution in [0.5, 0.6) is 5.75 Å². The number of hydrogen-bond acceptors (Lipinski definition) is 4. The van der Waals surface area contributed by atoms with Crippen molar-refractivity contribution in [1.29, 1.82) is 0 Å². The number of nitrogens with zero attached hydrogens (tertiary/aromatic N) is 2. The summed E-state index contributed by atoms with van der Waals surface area (Å²) in [6.45, 7) is 16.3. The first-order valence-electron chi connectivity index (χ1n) is 11.0. The molecule has 30 heavy (non-hydrogen) atoms. The van der Waals surface area contributed by atoms with Gasteiger partial charge in [-0.2, -0.15) is 0 Å². The van der Waals surface area contributed by atoms with Gasteiger partial charge in [0.25, 0.3) is 0 Å². The van der Waals surface area contributed by atoms with Gasteiger partial charge in [0, 0.05) is 38.1 Å². The molecule has 0 bridgehead atoms. The summed E-state index contributed by atoms with van der Waals surface area (Å²) in [5.74, 6) is 1.05. The predicted molar refractivity (Wildman–Crippen MR) is 121 cm³/mol. The van der Waals surface area contributed by atoms with Crippen molar-refractivity contribution in [3.63, 3.8) is 0 Å². The molecule has 1 aliphatic heterocycles. The SMILES string of the molecule is CC(C)(C)NC(=O)CN1CCN(C(=O)CCCOc2ccc(C(C)(C)C)cc2)CC1. The van der Waals surface area contributed by atoms with Crippen molar-refractivity contribution in [2.24, 2.45) is 0 Å². The lowest BCUT2D eigenvalue weighted by Crippen LogP contribution is -2.52. The van der Waals surface area contributed by atoms with Crippen molar-refractivity contribution < 1.29 is 14.3 Å². The molecule has 1 aromatic rings. The Morgan fingerprint density at radius 1 is 0.967 bits per heavy atom. The first-order valence-corrected chi connectivity index (χ1v) is 11.0. The van der Waals surface area contributed by atoms with Crippen LogP contribution in [0, 0.1) is 0 Å².